The molecule has 0 unspecified atom stereocenters. The lowest BCUT2D eigenvalue weighted by Gasteiger charge is -2.25. The molecule has 0 aromatic heterocycles. The molecule has 0 aliphatic heterocycles. The number of carbonyl (C=O) groups excluding carboxylic acids is 1. The highest BCUT2D eigenvalue weighted by molar-refractivity contribution is 5.66. The predicted molar refractivity (Wildman–Crippen MR) is 86.1 cm³/mol. The van der Waals surface area contributed by atoms with Crippen molar-refractivity contribution in [3.05, 3.63) is 28.8 Å². The van der Waals surface area contributed by atoms with Crippen LogP contribution in [0.1, 0.15) is 65.2 Å². The lowest BCUT2D eigenvalue weighted by atomic mass is 9.84. The lowest BCUT2D eigenvalue weighted by molar-refractivity contribution is 0.0201. The SMILES string of the molecule is CCc1cc(C)c(OC(=O)OC(C)(C)C)c(C(C)(C)C)c1. The second-order valence-corrected chi connectivity index (χ2v) is 7.46. The number of aryl methyl sites for hydroxylation is 2. The Hall–Kier alpha value is -1.51. The summed E-state index contributed by atoms with van der Waals surface area (Å²) >= 11 is 0. The van der Waals surface area contributed by atoms with Crippen LogP contribution in [0.5, 0.6) is 5.75 Å². The van der Waals surface area contributed by atoms with Crippen molar-refractivity contribution in [1.82, 2.24) is 0 Å². The third kappa shape index (κ3) is 5.07. The molecule has 0 bridgehead atoms. The van der Waals surface area contributed by atoms with Crippen LogP contribution in [-0.4, -0.2) is 11.8 Å². The van der Waals surface area contributed by atoms with Crippen molar-refractivity contribution < 1.29 is 14.3 Å². The Balaban J connectivity index is 3.20. The molecule has 0 spiro atoms. The molecule has 0 N–H and O–H groups in total. The van der Waals surface area contributed by atoms with E-state index in [1.54, 1.807) is 0 Å². The molecule has 3 nitrogen and oxygen atoms in total. The first-order valence-corrected chi connectivity index (χ1v) is 7.49. The zero-order valence-electron chi connectivity index (χ0n) is 14.6. The highest BCUT2D eigenvalue weighted by Crippen LogP contribution is 2.35. The van der Waals surface area contributed by atoms with Gasteiger partial charge in [-0.3, -0.25) is 0 Å². The van der Waals surface area contributed by atoms with Crippen LogP contribution in [0, 0.1) is 6.92 Å². The Morgan fingerprint density at radius 1 is 1.10 bits per heavy atom. The second kappa shape index (κ2) is 6.08. The largest absolute Gasteiger partial charge is 0.514 e. The van der Waals surface area contributed by atoms with Crippen molar-refractivity contribution in [2.24, 2.45) is 0 Å². The summed E-state index contributed by atoms with van der Waals surface area (Å²) in [6.45, 7) is 15.9. The molecule has 0 saturated heterocycles. The van der Waals surface area contributed by atoms with Gasteiger partial charge in [-0.25, -0.2) is 4.79 Å². The van der Waals surface area contributed by atoms with Gasteiger partial charge in [0.1, 0.15) is 11.4 Å². The number of benzene rings is 1. The third-order valence-electron chi connectivity index (χ3n) is 3.13. The molecule has 0 radical (unpaired) electrons. The molecule has 0 atom stereocenters. The summed E-state index contributed by atoms with van der Waals surface area (Å²) in [7, 11) is 0. The average molecular weight is 292 g/mol. The molecule has 0 heterocycles. The van der Waals surface area contributed by atoms with Gasteiger partial charge in [-0.1, -0.05) is 39.8 Å². The number of carbonyl (C=O) groups is 1. The maximum absolute atomic E-state index is 12.0. The van der Waals surface area contributed by atoms with Gasteiger partial charge in [0.15, 0.2) is 0 Å². The molecule has 0 aliphatic rings. The fourth-order valence-corrected chi connectivity index (χ4v) is 2.10. The Kier molecular flexibility index (Phi) is 5.08. The summed E-state index contributed by atoms with van der Waals surface area (Å²) in [6.07, 6.45) is 0.303. The molecule has 0 saturated carbocycles. The maximum atomic E-state index is 12.0. The van der Waals surface area contributed by atoms with Crippen molar-refractivity contribution in [2.45, 2.75) is 72.8 Å². The molecule has 1 rings (SSSR count). The first kappa shape index (κ1) is 17.5. The van der Waals surface area contributed by atoms with E-state index in [-0.39, 0.29) is 5.41 Å². The van der Waals surface area contributed by atoms with Gasteiger partial charge in [-0.15, -0.1) is 0 Å². The highest BCUT2D eigenvalue weighted by atomic mass is 16.7. The van der Waals surface area contributed by atoms with Crippen LogP contribution in [0.4, 0.5) is 4.79 Å². The fraction of sp³-hybridized carbons (Fsp3) is 0.611. The van der Waals surface area contributed by atoms with Crippen LogP contribution in [0.2, 0.25) is 0 Å². The van der Waals surface area contributed by atoms with Crippen molar-refractivity contribution >= 4 is 6.16 Å². The summed E-state index contributed by atoms with van der Waals surface area (Å²) in [4.78, 5) is 12.0. The van der Waals surface area contributed by atoms with E-state index in [1.807, 2.05) is 27.7 Å². The van der Waals surface area contributed by atoms with E-state index < -0.39 is 11.8 Å². The summed E-state index contributed by atoms with van der Waals surface area (Å²) in [5.74, 6) is 0.619. The quantitative estimate of drug-likeness (QED) is 0.557. The summed E-state index contributed by atoms with van der Waals surface area (Å²) in [6, 6.07) is 4.18. The summed E-state index contributed by atoms with van der Waals surface area (Å²) < 4.78 is 10.8. The smallest absolute Gasteiger partial charge is 0.428 e. The topological polar surface area (TPSA) is 35.5 Å². The fourth-order valence-electron chi connectivity index (χ4n) is 2.10. The Labute approximate surface area is 128 Å². The van der Waals surface area contributed by atoms with Crippen LogP contribution in [0.25, 0.3) is 0 Å². The zero-order chi connectivity index (χ0) is 16.4. The first-order valence-electron chi connectivity index (χ1n) is 7.49. The lowest BCUT2D eigenvalue weighted by Crippen LogP contribution is -2.27. The minimum absolute atomic E-state index is 0.104. The van der Waals surface area contributed by atoms with Gasteiger partial charge in [0, 0.05) is 5.56 Å². The summed E-state index contributed by atoms with van der Waals surface area (Å²) in [5.41, 5.74) is 2.58. The Bertz CT molecular complexity index is 516. The van der Waals surface area contributed by atoms with Gasteiger partial charge in [-0.2, -0.15) is 0 Å². The van der Waals surface area contributed by atoms with E-state index >= 15 is 0 Å². The molecular weight excluding hydrogens is 264 g/mol. The van der Waals surface area contributed by atoms with Crippen molar-refractivity contribution in [1.29, 1.82) is 0 Å². The van der Waals surface area contributed by atoms with E-state index in [4.69, 9.17) is 9.47 Å². The van der Waals surface area contributed by atoms with Gasteiger partial charge in [0.05, 0.1) is 0 Å². The average Bonchev–Trinajstić information content (AvgIpc) is 2.27. The molecule has 1 aromatic rings. The van der Waals surface area contributed by atoms with Gasteiger partial charge >= 0.3 is 6.16 Å². The standard InChI is InChI=1S/C18H28O3/c1-9-13-10-12(2)15(14(11-13)17(3,4)5)20-16(19)21-18(6,7)8/h10-11H,9H2,1-8H3. The van der Waals surface area contributed by atoms with E-state index in [0.29, 0.717) is 5.75 Å². The Morgan fingerprint density at radius 3 is 2.10 bits per heavy atom. The third-order valence-corrected chi connectivity index (χ3v) is 3.13. The van der Waals surface area contributed by atoms with Crippen LogP contribution >= 0.6 is 0 Å². The van der Waals surface area contributed by atoms with Gasteiger partial charge in [-0.05, 0) is 50.7 Å². The number of hydrogen-bond donors (Lipinski definition) is 0. The Morgan fingerprint density at radius 2 is 1.67 bits per heavy atom. The molecule has 0 fully saturated rings. The van der Waals surface area contributed by atoms with Crippen LogP contribution < -0.4 is 4.74 Å². The number of hydrogen-bond acceptors (Lipinski definition) is 3. The maximum Gasteiger partial charge on any atom is 0.514 e. The van der Waals surface area contributed by atoms with Crippen LogP contribution in [-0.2, 0) is 16.6 Å². The van der Waals surface area contributed by atoms with Gasteiger partial charge in [0.25, 0.3) is 0 Å². The molecule has 1 aromatic carbocycles. The summed E-state index contributed by atoms with van der Waals surface area (Å²) in [5, 5.41) is 0. The highest BCUT2D eigenvalue weighted by Gasteiger charge is 2.25. The molecule has 118 valence electrons. The first-order chi connectivity index (χ1) is 9.44. The van der Waals surface area contributed by atoms with Crippen molar-refractivity contribution in [3.63, 3.8) is 0 Å². The molecule has 3 heteroatoms. The molecule has 0 aliphatic carbocycles. The van der Waals surface area contributed by atoms with E-state index in [2.05, 4.69) is 39.8 Å². The van der Waals surface area contributed by atoms with Crippen molar-refractivity contribution in [3.8, 4) is 5.75 Å². The minimum atomic E-state index is -0.652. The van der Waals surface area contributed by atoms with Crippen LogP contribution in [0.3, 0.4) is 0 Å². The monoisotopic (exact) mass is 292 g/mol. The predicted octanol–water partition coefficient (Wildman–Crippen LogP) is 5.17. The van der Waals surface area contributed by atoms with Gasteiger partial charge < -0.3 is 9.47 Å². The number of rotatable bonds is 2. The second-order valence-electron chi connectivity index (χ2n) is 7.46. The normalized spacial score (nSPS) is 12.2. The zero-order valence-corrected chi connectivity index (χ0v) is 14.6. The van der Waals surface area contributed by atoms with Crippen molar-refractivity contribution in [2.75, 3.05) is 0 Å². The van der Waals surface area contributed by atoms with E-state index in [1.165, 1.54) is 5.56 Å². The minimum Gasteiger partial charge on any atom is -0.428 e. The van der Waals surface area contributed by atoms with Gasteiger partial charge in [0.2, 0.25) is 0 Å². The molecule has 0 amide bonds. The molecule has 21 heavy (non-hydrogen) atoms. The van der Waals surface area contributed by atoms with Crippen LogP contribution in [0.15, 0.2) is 12.1 Å². The van der Waals surface area contributed by atoms with E-state index in [0.717, 1.165) is 17.5 Å². The molecular formula is C18H28O3. The van der Waals surface area contributed by atoms with E-state index in [9.17, 15) is 4.79 Å². The number of ether oxygens (including phenoxy) is 2.